The van der Waals surface area contributed by atoms with Crippen LogP contribution in [0.4, 0.5) is 0 Å². The Balaban J connectivity index is 2.48. The van der Waals surface area contributed by atoms with Crippen molar-refractivity contribution < 1.29 is 9.90 Å². The fourth-order valence-corrected chi connectivity index (χ4v) is 2.72. The molecule has 0 saturated carbocycles. The highest BCUT2D eigenvalue weighted by atomic mass is 32.2. The molecule has 0 aliphatic carbocycles. The number of nitrogens with zero attached hydrogens (tertiary/aromatic N) is 2. The summed E-state index contributed by atoms with van der Waals surface area (Å²) in [6, 6.07) is 0. The van der Waals surface area contributed by atoms with Gasteiger partial charge in [0.05, 0.1) is 11.4 Å². The van der Waals surface area contributed by atoms with Crippen LogP contribution in [0.25, 0.3) is 0 Å². The minimum atomic E-state index is -0.801. The van der Waals surface area contributed by atoms with E-state index in [2.05, 4.69) is 15.8 Å². The molecule has 0 aliphatic rings. The summed E-state index contributed by atoms with van der Waals surface area (Å²) >= 11 is 3.14. The summed E-state index contributed by atoms with van der Waals surface area (Å²) in [5, 5.41) is 9.47. The Morgan fingerprint density at radius 3 is 2.94 bits per heavy atom. The predicted molar refractivity (Wildman–Crippen MR) is 72.9 cm³/mol. The van der Waals surface area contributed by atoms with Gasteiger partial charge in [-0.2, -0.15) is 11.8 Å². The average Bonchev–Trinajstić information content (AvgIpc) is 2.62. The van der Waals surface area contributed by atoms with Crippen LogP contribution < -0.4 is 0 Å². The monoisotopic (exact) mass is 274 g/mol. The highest BCUT2D eigenvalue weighted by molar-refractivity contribution is 7.99. The lowest BCUT2D eigenvalue weighted by molar-refractivity contribution is -0.133. The molecule has 0 spiro atoms. The normalized spacial score (nSPS) is 10.7. The Bertz CT molecular complexity index is 366. The Kier molecular flexibility index (Phi) is 6.50. The Morgan fingerprint density at radius 1 is 1.53 bits per heavy atom. The standard InChI is InChI=1S/C11H18N2O2S2/c1-9-7-13(5-3-4-6-16-2)11(12-9)17-8-10(14)15/h7H,3-6,8H2,1-2H3,(H,14,15). The topological polar surface area (TPSA) is 55.1 Å². The van der Waals surface area contributed by atoms with Crippen molar-refractivity contribution in [3.8, 4) is 0 Å². The molecule has 0 aromatic carbocycles. The third-order valence-electron chi connectivity index (χ3n) is 2.18. The van der Waals surface area contributed by atoms with Gasteiger partial charge in [-0.05, 0) is 31.8 Å². The van der Waals surface area contributed by atoms with Gasteiger partial charge in [0.1, 0.15) is 0 Å². The largest absolute Gasteiger partial charge is 0.481 e. The van der Waals surface area contributed by atoms with Gasteiger partial charge in [0.15, 0.2) is 5.16 Å². The van der Waals surface area contributed by atoms with E-state index in [0.717, 1.165) is 23.8 Å². The first-order chi connectivity index (χ1) is 8.13. The zero-order valence-electron chi connectivity index (χ0n) is 10.2. The number of aryl methyl sites for hydroxylation is 2. The summed E-state index contributed by atoms with van der Waals surface area (Å²) in [7, 11) is 0. The van der Waals surface area contributed by atoms with E-state index in [1.165, 1.54) is 23.9 Å². The molecule has 0 amide bonds. The fourth-order valence-electron chi connectivity index (χ4n) is 1.45. The first-order valence-electron chi connectivity index (χ1n) is 5.50. The lowest BCUT2D eigenvalue weighted by Crippen LogP contribution is -2.03. The van der Waals surface area contributed by atoms with E-state index in [4.69, 9.17) is 5.11 Å². The van der Waals surface area contributed by atoms with Gasteiger partial charge in [-0.1, -0.05) is 11.8 Å². The molecule has 17 heavy (non-hydrogen) atoms. The van der Waals surface area contributed by atoms with E-state index in [1.807, 2.05) is 24.9 Å². The summed E-state index contributed by atoms with van der Waals surface area (Å²) in [5.41, 5.74) is 0.947. The van der Waals surface area contributed by atoms with Crippen molar-refractivity contribution in [2.45, 2.75) is 31.5 Å². The fraction of sp³-hybridized carbons (Fsp3) is 0.636. The number of hydrogen-bond donors (Lipinski definition) is 1. The summed E-state index contributed by atoms with van der Waals surface area (Å²) in [6.07, 6.45) is 6.39. The molecule has 0 radical (unpaired) electrons. The van der Waals surface area contributed by atoms with Crippen molar-refractivity contribution in [3.05, 3.63) is 11.9 Å². The van der Waals surface area contributed by atoms with Crippen molar-refractivity contribution in [3.63, 3.8) is 0 Å². The molecule has 4 nitrogen and oxygen atoms in total. The van der Waals surface area contributed by atoms with Gasteiger partial charge in [0.25, 0.3) is 0 Å². The summed E-state index contributed by atoms with van der Waals surface area (Å²) in [5.74, 6) is 0.441. The number of thioether (sulfide) groups is 2. The van der Waals surface area contributed by atoms with Crippen LogP contribution in [0, 0.1) is 6.92 Å². The number of carboxylic acid groups (broad SMARTS) is 1. The van der Waals surface area contributed by atoms with Gasteiger partial charge in [0.2, 0.25) is 0 Å². The quantitative estimate of drug-likeness (QED) is 0.583. The molecular formula is C11H18N2O2S2. The molecule has 1 aromatic heterocycles. The van der Waals surface area contributed by atoms with Crippen LogP contribution >= 0.6 is 23.5 Å². The van der Waals surface area contributed by atoms with Gasteiger partial charge < -0.3 is 9.67 Å². The maximum Gasteiger partial charge on any atom is 0.313 e. The Morgan fingerprint density at radius 2 is 2.29 bits per heavy atom. The average molecular weight is 274 g/mol. The molecular weight excluding hydrogens is 256 g/mol. The van der Waals surface area contributed by atoms with Crippen LogP contribution in [0.1, 0.15) is 18.5 Å². The molecule has 1 heterocycles. The van der Waals surface area contributed by atoms with E-state index in [0.29, 0.717) is 0 Å². The second kappa shape index (κ2) is 7.66. The minimum Gasteiger partial charge on any atom is -0.481 e. The summed E-state index contributed by atoms with van der Waals surface area (Å²) < 4.78 is 2.06. The Labute approximate surface area is 110 Å². The van der Waals surface area contributed by atoms with E-state index < -0.39 is 5.97 Å². The lowest BCUT2D eigenvalue weighted by Gasteiger charge is -2.05. The molecule has 96 valence electrons. The van der Waals surface area contributed by atoms with Gasteiger partial charge in [-0.15, -0.1) is 0 Å². The smallest absolute Gasteiger partial charge is 0.313 e. The first-order valence-corrected chi connectivity index (χ1v) is 7.88. The molecule has 0 atom stereocenters. The molecule has 1 rings (SSSR count). The van der Waals surface area contributed by atoms with Gasteiger partial charge in [-0.3, -0.25) is 4.79 Å². The minimum absolute atomic E-state index is 0.0707. The van der Waals surface area contributed by atoms with Crippen LogP contribution in [0.15, 0.2) is 11.4 Å². The number of rotatable bonds is 8. The van der Waals surface area contributed by atoms with Gasteiger partial charge in [0, 0.05) is 12.7 Å². The van der Waals surface area contributed by atoms with E-state index >= 15 is 0 Å². The highest BCUT2D eigenvalue weighted by Gasteiger charge is 2.08. The van der Waals surface area contributed by atoms with E-state index in [9.17, 15) is 4.79 Å². The molecule has 0 fully saturated rings. The molecule has 0 bridgehead atoms. The highest BCUT2D eigenvalue weighted by Crippen LogP contribution is 2.18. The SMILES string of the molecule is CSCCCCn1cc(C)nc1SCC(=O)O. The maximum absolute atomic E-state index is 10.5. The third-order valence-corrected chi connectivity index (χ3v) is 3.85. The summed E-state index contributed by atoms with van der Waals surface area (Å²) in [6.45, 7) is 2.85. The number of hydrogen-bond acceptors (Lipinski definition) is 4. The lowest BCUT2D eigenvalue weighted by atomic mass is 10.3. The van der Waals surface area contributed by atoms with E-state index in [-0.39, 0.29) is 5.75 Å². The second-order valence-corrected chi connectivity index (χ2v) is 5.67. The molecule has 0 saturated heterocycles. The van der Waals surface area contributed by atoms with Crippen LogP contribution in [0.5, 0.6) is 0 Å². The van der Waals surface area contributed by atoms with Crippen LogP contribution in [0.2, 0.25) is 0 Å². The van der Waals surface area contributed by atoms with Crippen molar-refractivity contribution in [1.82, 2.24) is 9.55 Å². The van der Waals surface area contributed by atoms with E-state index in [1.54, 1.807) is 0 Å². The molecule has 6 heteroatoms. The van der Waals surface area contributed by atoms with Crippen molar-refractivity contribution in [1.29, 1.82) is 0 Å². The third kappa shape index (κ3) is 5.50. The second-order valence-electron chi connectivity index (χ2n) is 3.74. The van der Waals surface area contributed by atoms with Crippen LogP contribution in [-0.4, -0.2) is 38.4 Å². The van der Waals surface area contributed by atoms with Gasteiger partial charge in [-0.25, -0.2) is 4.98 Å². The van der Waals surface area contributed by atoms with Crippen molar-refractivity contribution >= 4 is 29.5 Å². The number of aliphatic carboxylic acids is 1. The van der Waals surface area contributed by atoms with Crippen molar-refractivity contribution in [2.24, 2.45) is 0 Å². The molecule has 0 unspecified atom stereocenters. The number of carboxylic acids is 1. The molecule has 0 aliphatic heterocycles. The number of carbonyl (C=O) groups is 1. The van der Waals surface area contributed by atoms with Crippen LogP contribution in [0.3, 0.4) is 0 Å². The van der Waals surface area contributed by atoms with Crippen molar-refractivity contribution in [2.75, 3.05) is 17.8 Å². The first kappa shape index (κ1) is 14.4. The predicted octanol–water partition coefficient (Wildman–Crippen LogP) is 2.51. The zero-order valence-corrected chi connectivity index (χ0v) is 11.8. The zero-order chi connectivity index (χ0) is 12.7. The maximum atomic E-state index is 10.5. The summed E-state index contributed by atoms with van der Waals surface area (Å²) in [4.78, 5) is 14.9. The Hall–Kier alpha value is -0.620. The van der Waals surface area contributed by atoms with Crippen LogP contribution in [-0.2, 0) is 11.3 Å². The number of unbranched alkanes of at least 4 members (excludes halogenated alkanes) is 1. The number of imidazole rings is 1. The van der Waals surface area contributed by atoms with Gasteiger partial charge >= 0.3 is 5.97 Å². The number of aromatic nitrogens is 2. The molecule has 1 N–H and O–H groups in total. The molecule has 1 aromatic rings.